The molecule has 0 radical (unpaired) electrons. The summed E-state index contributed by atoms with van der Waals surface area (Å²) >= 11 is 0. The number of aliphatic hydroxyl groups is 1. The van der Waals surface area contributed by atoms with Crippen LogP contribution >= 0.6 is 0 Å². The van der Waals surface area contributed by atoms with Crippen LogP contribution in [-0.4, -0.2) is 33.6 Å². The molecular formula is C18H19NO3S. The lowest BCUT2D eigenvalue weighted by Crippen LogP contribution is -2.18. The monoisotopic (exact) mass is 329 g/mol. The minimum Gasteiger partial charge on any atom is -0.470 e. The molecule has 120 valence electrons. The smallest absolute Gasteiger partial charge is 0.197 e. The third kappa shape index (κ3) is 3.68. The molecule has 1 aliphatic heterocycles. The van der Waals surface area contributed by atoms with E-state index in [2.05, 4.69) is 4.99 Å². The average molecular weight is 329 g/mol. The first-order valence-corrected chi connectivity index (χ1v) is 8.83. The van der Waals surface area contributed by atoms with Gasteiger partial charge in [0.25, 0.3) is 0 Å². The molecule has 0 fully saturated rings. The van der Waals surface area contributed by atoms with E-state index in [9.17, 15) is 9.32 Å². The molecule has 5 heteroatoms. The van der Waals surface area contributed by atoms with Gasteiger partial charge in [0.15, 0.2) is 5.90 Å². The highest BCUT2D eigenvalue weighted by Crippen LogP contribution is 2.29. The first-order valence-electron chi connectivity index (χ1n) is 7.51. The zero-order valence-corrected chi connectivity index (χ0v) is 13.7. The van der Waals surface area contributed by atoms with Crippen molar-refractivity contribution in [3.8, 4) is 0 Å². The molecule has 0 amide bonds. The van der Waals surface area contributed by atoms with Crippen LogP contribution in [0, 0.1) is 6.92 Å². The van der Waals surface area contributed by atoms with Gasteiger partial charge in [-0.1, -0.05) is 48.0 Å². The lowest BCUT2D eigenvalue weighted by atomic mass is 10.0. The quantitative estimate of drug-likeness (QED) is 0.917. The lowest BCUT2D eigenvalue weighted by Gasteiger charge is -2.16. The molecule has 3 rings (SSSR count). The number of benzene rings is 2. The molecule has 4 nitrogen and oxygen atoms in total. The van der Waals surface area contributed by atoms with Crippen LogP contribution in [0.1, 0.15) is 17.2 Å². The van der Waals surface area contributed by atoms with E-state index in [1.54, 1.807) is 0 Å². The fourth-order valence-corrected chi connectivity index (χ4v) is 3.51. The number of rotatable bonds is 5. The van der Waals surface area contributed by atoms with Crippen molar-refractivity contribution >= 4 is 16.7 Å². The van der Waals surface area contributed by atoms with Crippen molar-refractivity contribution in [1.29, 1.82) is 0 Å². The number of hydrogen-bond acceptors (Lipinski definition) is 4. The van der Waals surface area contributed by atoms with Gasteiger partial charge in [-0.25, -0.2) is 4.99 Å². The Morgan fingerprint density at radius 1 is 1.13 bits per heavy atom. The standard InChI is InChI=1S/C18H19NO3S/c1-13-7-9-15(10-8-13)23(21)12-17-19-16(11-20)18(22-17)14-5-3-2-4-6-14/h2-10,16,18,20H,11-12H2,1H3/t16-,18-,23+/m0/s1. The van der Waals surface area contributed by atoms with E-state index in [0.29, 0.717) is 5.90 Å². The Balaban J connectivity index is 1.71. The molecule has 1 N–H and O–H groups in total. The Labute approximate surface area is 138 Å². The molecule has 0 bridgehead atoms. The maximum atomic E-state index is 12.4. The summed E-state index contributed by atoms with van der Waals surface area (Å²) in [4.78, 5) is 5.15. The molecule has 2 aromatic carbocycles. The summed E-state index contributed by atoms with van der Waals surface area (Å²) in [5, 5.41) is 9.53. The van der Waals surface area contributed by atoms with Gasteiger partial charge in [0.1, 0.15) is 17.9 Å². The Morgan fingerprint density at radius 2 is 1.83 bits per heavy atom. The number of aliphatic hydroxyl groups excluding tert-OH is 1. The fraction of sp³-hybridized carbons (Fsp3) is 0.278. The van der Waals surface area contributed by atoms with Gasteiger partial charge >= 0.3 is 0 Å². The van der Waals surface area contributed by atoms with Crippen LogP contribution in [0.2, 0.25) is 0 Å². The molecule has 2 aromatic rings. The van der Waals surface area contributed by atoms with Crippen LogP contribution < -0.4 is 0 Å². The highest BCUT2D eigenvalue weighted by atomic mass is 32.2. The van der Waals surface area contributed by atoms with Crippen molar-refractivity contribution in [1.82, 2.24) is 0 Å². The second-order valence-electron chi connectivity index (χ2n) is 5.52. The summed E-state index contributed by atoms with van der Waals surface area (Å²) in [6.07, 6.45) is -0.314. The first kappa shape index (κ1) is 15.9. The summed E-state index contributed by atoms with van der Waals surface area (Å²) in [7, 11) is -1.21. The van der Waals surface area contributed by atoms with E-state index in [1.807, 2.05) is 61.5 Å². The van der Waals surface area contributed by atoms with E-state index in [0.717, 1.165) is 16.0 Å². The Bertz CT molecular complexity index is 713. The van der Waals surface area contributed by atoms with E-state index in [4.69, 9.17) is 4.74 Å². The molecule has 1 aliphatic rings. The molecule has 1 heterocycles. The highest BCUT2D eigenvalue weighted by Gasteiger charge is 2.32. The van der Waals surface area contributed by atoms with E-state index in [-0.39, 0.29) is 24.5 Å². The predicted octanol–water partition coefficient (Wildman–Crippen LogP) is 2.63. The number of aryl methyl sites for hydroxylation is 1. The van der Waals surface area contributed by atoms with Crippen molar-refractivity contribution in [2.75, 3.05) is 12.4 Å². The van der Waals surface area contributed by atoms with Gasteiger partial charge in [-0.3, -0.25) is 4.21 Å². The van der Waals surface area contributed by atoms with Crippen molar-refractivity contribution in [3.63, 3.8) is 0 Å². The third-order valence-corrected chi connectivity index (χ3v) is 5.08. The summed E-state index contributed by atoms with van der Waals surface area (Å²) in [5.74, 6) is 0.667. The minimum atomic E-state index is -1.21. The second-order valence-corrected chi connectivity index (χ2v) is 6.98. The van der Waals surface area contributed by atoms with Gasteiger partial charge in [0, 0.05) is 4.90 Å². The van der Waals surface area contributed by atoms with Crippen LogP contribution in [0.4, 0.5) is 0 Å². The van der Waals surface area contributed by atoms with Crippen molar-refractivity contribution in [2.24, 2.45) is 4.99 Å². The predicted molar refractivity (Wildman–Crippen MR) is 91.0 cm³/mol. The van der Waals surface area contributed by atoms with Gasteiger partial charge in [-0.05, 0) is 24.6 Å². The Kier molecular flexibility index (Phi) is 4.88. The Morgan fingerprint density at radius 3 is 2.48 bits per heavy atom. The molecule has 23 heavy (non-hydrogen) atoms. The first-order chi connectivity index (χ1) is 11.2. The molecular weight excluding hydrogens is 310 g/mol. The molecule has 0 unspecified atom stereocenters. The van der Waals surface area contributed by atoms with E-state index >= 15 is 0 Å². The summed E-state index contributed by atoms with van der Waals surface area (Å²) < 4.78 is 18.3. The highest BCUT2D eigenvalue weighted by molar-refractivity contribution is 7.85. The van der Waals surface area contributed by atoms with Gasteiger partial charge in [-0.2, -0.15) is 0 Å². The van der Waals surface area contributed by atoms with Crippen molar-refractivity contribution in [3.05, 3.63) is 65.7 Å². The fourth-order valence-electron chi connectivity index (χ4n) is 2.53. The van der Waals surface area contributed by atoms with Crippen LogP contribution in [-0.2, 0) is 15.5 Å². The van der Waals surface area contributed by atoms with Crippen molar-refractivity contribution in [2.45, 2.75) is 24.0 Å². The maximum Gasteiger partial charge on any atom is 0.197 e. The van der Waals surface area contributed by atoms with Crippen LogP contribution in [0.25, 0.3) is 0 Å². The Hall–Kier alpha value is -1.98. The second kappa shape index (κ2) is 7.06. The van der Waals surface area contributed by atoms with Gasteiger partial charge in [0.2, 0.25) is 0 Å². The molecule has 0 saturated heterocycles. The maximum absolute atomic E-state index is 12.4. The van der Waals surface area contributed by atoms with Gasteiger partial charge in [-0.15, -0.1) is 0 Å². The minimum absolute atomic E-state index is 0.0970. The average Bonchev–Trinajstić information content (AvgIpc) is 2.99. The normalized spacial score (nSPS) is 21.6. The summed E-state index contributed by atoms with van der Waals surface area (Å²) in [6.45, 7) is 1.90. The van der Waals surface area contributed by atoms with Gasteiger partial charge in [0.05, 0.1) is 17.4 Å². The number of nitrogens with zero attached hydrogens (tertiary/aromatic N) is 1. The third-order valence-electron chi connectivity index (χ3n) is 3.78. The summed E-state index contributed by atoms with van der Waals surface area (Å²) in [5.41, 5.74) is 2.09. The molecule has 0 aliphatic carbocycles. The van der Waals surface area contributed by atoms with E-state index < -0.39 is 10.8 Å². The number of ether oxygens (including phenoxy) is 1. The zero-order chi connectivity index (χ0) is 16.2. The van der Waals surface area contributed by atoms with Gasteiger partial charge < -0.3 is 9.84 Å². The van der Waals surface area contributed by atoms with Crippen LogP contribution in [0.5, 0.6) is 0 Å². The summed E-state index contributed by atoms with van der Waals surface area (Å²) in [6, 6.07) is 16.9. The number of hydrogen-bond donors (Lipinski definition) is 1. The molecule has 0 spiro atoms. The molecule has 3 atom stereocenters. The van der Waals surface area contributed by atoms with Crippen LogP contribution in [0.3, 0.4) is 0 Å². The van der Waals surface area contributed by atoms with Crippen LogP contribution in [0.15, 0.2) is 64.5 Å². The molecule has 0 saturated carbocycles. The van der Waals surface area contributed by atoms with Crippen molar-refractivity contribution < 1.29 is 14.1 Å². The topological polar surface area (TPSA) is 58.9 Å². The number of aliphatic imine (C=N–C) groups is 1. The largest absolute Gasteiger partial charge is 0.470 e. The SMILES string of the molecule is Cc1ccc([S@](=O)CC2=N[C@@H](CO)[C@H](c3ccccc3)O2)cc1. The molecule has 0 aromatic heterocycles. The lowest BCUT2D eigenvalue weighted by molar-refractivity contribution is 0.151. The zero-order valence-electron chi connectivity index (χ0n) is 12.9. The van der Waals surface area contributed by atoms with E-state index in [1.165, 1.54) is 0 Å².